The lowest BCUT2D eigenvalue weighted by molar-refractivity contribution is 0.125. The van der Waals surface area contributed by atoms with E-state index in [4.69, 9.17) is 10.5 Å². The van der Waals surface area contributed by atoms with Crippen LogP contribution in [-0.2, 0) is 0 Å². The number of anilines is 1. The molecule has 0 spiro atoms. The zero-order valence-electron chi connectivity index (χ0n) is 18.0. The Labute approximate surface area is 197 Å². The fourth-order valence-corrected chi connectivity index (χ4v) is 3.49. The van der Waals surface area contributed by atoms with Crippen molar-refractivity contribution in [3.8, 4) is 11.5 Å². The highest BCUT2D eigenvalue weighted by Crippen LogP contribution is 2.23. The molecule has 0 bridgehead atoms. The predicted molar refractivity (Wildman–Crippen MR) is 136 cm³/mol. The van der Waals surface area contributed by atoms with Gasteiger partial charge in [0.1, 0.15) is 11.5 Å². The third-order valence-corrected chi connectivity index (χ3v) is 5.14. The van der Waals surface area contributed by atoms with E-state index in [1.54, 1.807) is 0 Å². The van der Waals surface area contributed by atoms with Gasteiger partial charge in [-0.1, -0.05) is 38.1 Å². The Morgan fingerprint density at radius 1 is 1.03 bits per heavy atom. The number of piperazine rings is 1. The molecule has 1 saturated heterocycles. The lowest BCUT2D eigenvalue weighted by atomic mass is 10.1. The number of rotatable bonds is 8. The first-order valence-electron chi connectivity index (χ1n) is 10.5. The number of nitrogens with two attached hydrogens (primary N) is 1. The summed E-state index contributed by atoms with van der Waals surface area (Å²) in [6, 6.07) is 17.5. The van der Waals surface area contributed by atoms with Crippen molar-refractivity contribution in [1.82, 2.24) is 9.80 Å². The minimum absolute atomic E-state index is 0. The summed E-state index contributed by atoms with van der Waals surface area (Å²) in [6.07, 6.45) is 0. The summed E-state index contributed by atoms with van der Waals surface area (Å²) in [5.41, 5.74) is 6.97. The maximum Gasteiger partial charge on any atom is 0.193 e. The highest BCUT2D eigenvalue weighted by Gasteiger charge is 2.17. The molecule has 1 heterocycles. The highest BCUT2D eigenvalue weighted by molar-refractivity contribution is 14.0. The molecule has 2 aromatic carbocycles. The molecule has 7 heteroatoms. The molecule has 0 aromatic heterocycles. The van der Waals surface area contributed by atoms with Crippen molar-refractivity contribution >= 4 is 35.6 Å². The molecule has 164 valence electrons. The van der Waals surface area contributed by atoms with E-state index >= 15 is 0 Å². The monoisotopic (exact) mass is 523 g/mol. The smallest absolute Gasteiger partial charge is 0.193 e. The van der Waals surface area contributed by atoms with Gasteiger partial charge in [-0.05, 0) is 36.7 Å². The van der Waals surface area contributed by atoms with Gasteiger partial charge in [0.2, 0.25) is 0 Å². The number of halogens is 1. The van der Waals surface area contributed by atoms with Crippen LogP contribution in [0, 0.1) is 5.92 Å². The minimum atomic E-state index is 0. The average molecular weight is 523 g/mol. The summed E-state index contributed by atoms with van der Waals surface area (Å²) in [6.45, 7) is 12.0. The summed E-state index contributed by atoms with van der Waals surface area (Å²) >= 11 is 0. The van der Waals surface area contributed by atoms with Gasteiger partial charge < -0.3 is 25.6 Å². The molecule has 30 heavy (non-hydrogen) atoms. The van der Waals surface area contributed by atoms with Crippen LogP contribution in [0.1, 0.15) is 13.8 Å². The maximum absolute atomic E-state index is 6.10. The molecule has 0 radical (unpaired) electrons. The Morgan fingerprint density at radius 2 is 1.70 bits per heavy atom. The summed E-state index contributed by atoms with van der Waals surface area (Å²) in [5, 5.41) is 3.17. The number of nitrogens with one attached hydrogen (secondary N) is 1. The van der Waals surface area contributed by atoms with Gasteiger partial charge in [0.15, 0.2) is 5.96 Å². The molecular weight excluding hydrogens is 489 g/mol. The molecule has 1 aliphatic rings. The molecule has 3 rings (SSSR count). The van der Waals surface area contributed by atoms with E-state index in [9.17, 15) is 0 Å². The first-order chi connectivity index (χ1) is 14.1. The maximum atomic E-state index is 6.10. The second kappa shape index (κ2) is 12.8. The molecule has 0 amide bonds. The van der Waals surface area contributed by atoms with E-state index in [0.29, 0.717) is 18.4 Å². The summed E-state index contributed by atoms with van der Waals surface area (Å²) in [7, 11) is 0. The quantitative estimate of drug-likeness (QED) is 0.310. The van der Waals surface area contributed by atoms with Crippen LogP contribution in [0.25, 0.3) is 0 Å². The summed E-state index contributed by atoms with van der Waals surface area (Å²) < 4.78 is 5.87. The molecule has 0 saturated carbocycles. The molecule has 2 aromatic rings. The Balaban J connectivity index is 0.00000320. The van der Waals surface area contributed by atoms with Gasteiger partial charge in [-0.2, -0.15) is 0 Å². The van der Waals surface area contributed by atoms with Gasteiger partial charge in [-0.25, -0.2) is 0 Å². The van der Waals surface area contributed by atoms with Crippen molar-refractivity contribution in [3.05, 3.63) is 54.6 Å². The first-order valence-corrected chi connectivity index (χ1v) is 10.5. The van der Waals surface area contributed by atoms with E-state index in [1.165, 1.54) is 0 Å². The van der Waals surface area contributed by atoms with Gasteiger partial charge in [-0.15, -0.1) is 24.0 Å². The Kier molecular flexibility index (Phi) is 10.4. The Hall–Kier alpha value is -1.84. The van der Waals surface area contributed by atoms with Crippen molar-refractivity contribution in [2.45, 2.75) is 13.8 Å². The average Bonchev–Trinajstić information content (AvgIpc) is 2.74. The van der Waals surface area contributed by atoms with E-state index in [2.05, 4.69) is 34.0 Å². The third kappa shape index (κ3) is 8.12. The zero-order chi connectivity index (χ0) is 20.5. The minimum Gasteiger partial charge on any atom is -0.457 e. The number of benzene rings is 2. The largest absolute Gasteiger partial charge is 0.457 e. The van der Waals surface area contributed by atoms with Gasteiger partial charge in [0.25, 0.3) is 0 Å². The molecule has 6 nitrogen and oxygen atoms in total. The van der Waals surface area contributed by atoms with Crippen molar-refractivity contribution in [2.24, 2.45) is 16.6 Å². The van der Waals surface area contributed by atoms with Crippen LogP contribution >= 0.6 is 24.0 Å². The van der Waals surface area contributed by atoms with Crippen LogP contribution < -0.4 is 15.8 Å². The highest BCUT2D eigenvalue weighted by atomic mass is 127. The van der Waals surface area contributed by atoms with Crippen molar-refractivity contribution in [3.63, 3.8) is 0 Å². The molecular formula is C23H34IN5O. The number of hydrogen-bond acceptors (Lipinski definition) is 4. The van der Waals surface area contributed by atoms with Crippen LogP contribution in [0.5, 0.6) is 11.5 Å². The molecule has 1 fully saturated rings. The SMILES string of the molecule is CCN1CCN(CC(C)CN=C(N)Nc2cccc(Oc3ccccc3)c2)CC1.I. The van der Waals surface area contributed by atoms with Crippen molar-refractivity contribution in [2.75, 3.05) is 51.1 Å². The molecule has 3 N–H and O–H groups in total. The van der Waals surface area contributed by atoms with Crippen LogP contribution in [-0.4, -0.2) is 61.6 Å². The summed E-state index contributed by atoms with van der Waals surface area (Å²) in [4.78, 5) is 9.56. The second-order valence-corrected chi connectivity index (χ2v) is 7.63. The van der Waals surface area contributed by atoms with E-state index in [0.717, 1.165) is 56.5 Å². The van der Waals surface area contributed by atoms with Crippen LogP contribution in [0.2, 0.25) is 0 Å². The van der Waals surface area contributed by atoms with Gasteiger partial charge in [0.05, 0.1) is 0 Å². The van der Waals surface area contributed by atoms with Crippen LogP contribution in [0.4, 0.5) is 5.69 Å². The molecule has 1 aliphatic heterocycles. The third-order valence-electron chi connectivity index (χ3n) is 5.14. The molecule has 0 aliphatic carbocycles. The van der Waals surface area contributed by atoms with Crippen molar-refractivity contribution < 1.29 is 4.74 Å². The number of nitrogens with zero attached hydrogens (tertiary/aromatic N) is 3. The first kappa shape index (κ1) is 24.4. The lowest BCUT2D eigenvalue weighted by Gasteiger charge is -2.35. The molecule has 1 atom stereocenters. The van der Waals surface area contributed by atoms with E-state index < -0.39 is 0 Å². The Bertz CT molecular complexity index is 778. The second-order valence-electron chi connectivity index (χ2n) is 7.63. The number of ether oxygens (including phenoxy) is 1. The normalized spacial score (nSPS) is 16.5. The standard InChI is InChI=1S/C23H33N5O.HI/c1-3-27-12-14-28(15-13-27)18-19(2)17-25-23(24)26-20-8-7-11-22(16-20)29-21-9-5-4-6-10-21;/h4-11,16,19H,3,12-15,17-18H2,1-2H3,(H3,24,25,26);1H. The number of para-hydroxylation sites is 1. The topological polar surface area (TPSA) is 66.1 Å². The van der Waals surface area contributed by atoms with Crippen LogP contribution in [0.15, 0.2) is 59.6 Å². The fourth-order valence-electron chi connectivity index (χ4n) is 3.49. The number of guanidine groups is 1. The van der Waals surface area contributed by atoms with Gasteiger partial charge in [0, 0.05) is 51.0 Å². The van der Waals surface area contributed by atoms with E-state index in [-0.39, 0.29) is 24.0 Å². The summed E-state index contributed by atoms with van der Waals surface area (Å²) in [5.74, 6) is 2.47. The zero-order valence-corrected chi connectivity index (χ0v) is 20.3. The van der Waals surface area contributed by atoms with Crippen LogP contribution in [0.3, 0.4) is 0 Å². The number of aliphatic imine (C=N–C) groups is 1. The number of hydrogen-bond donors (Lipinski definition) is 2. The van der Waals surface area contributed by atoms with Gasteiger partial charge in [-0.3, -0.25) is 4.99 Å². The predicted octanol–water partition coefficient (Wildman–Crippen LogP) is 4.10. The van der Waals surface area contributed by atoms with Crippen molar-refractivity contribution in [1.29, 1.82) is 0 Å². The molecule has 1 unspecified atom stereocenters. The van der Waals surface area contributed by atoms with Gasteiger partial charge >= 0.3 is 0 Å². The Morgan fingerprint density at radius 3 is 2.40 bits per heavy atom. The fraction of sp³-hybridized carbons (Fsp3) is 0.435. The van der Waals surface area contributed by atoms with E-state index in [1.807, 2.05) is 54.6 Å². The number of likely N-dealkylation sites (N-methyl/N-ethyl adjacent to an activating group) is 1. The lowest BCUT2D eigenvalue weighted by Crippen LogP contribution is -2.47.